The minimum absolute atomic E-state index is 1.12. The van der Waals surface area contributed by atoms with Crippen molar-refractivity contribution in [3.8, 4) is 12.3 Å². The van der Waals surface area contributed by atoms with Gasteiger partial charge >= 0.3 is 0 Å². The predicted octanol–water partition coefficient (Wildman–Crippen LogP) is 3.85. The van der Waals surface area contributed by atoms with Crippen molar-refractivity contribution < 1.29 is 0 Å². The Balaban J connectivity index is 2.44. The number of rotatable bonds is 4. The second-order valence-electron chi connectivity index (χ2n) is 3.55. The number of hydrogen-bond donors (Lipinski definition) is 0. The molecule has 0 amide bonds. The molecule has 0 bridgehead atoms. The molecule has 0 nitrogen and oxygen atoms in total. The molecule has 0 unspecified atom stereocenters. The maximum atomic E-state index is 5.41. The Morgan fingerprint density at radius 3 is 3.00 bits per heavy atom. The maximum absolute atomic E-state index is 5.41. The summed E-state index contributed by atoms with van der Waals surface area (Å²) >= 11 is 0. The molecule has 0 saturated carbocycles. The molecule has 0 saturated heterocycles. The van der Waals surface area contributed by atoms with Crippen LogP contribution >= 0.6 is 0 Å². The van der Waals surface area contributed by atoms with Gasteiger partial charge in [-0.1, -0.05) is 37.8 Å². The Kier molecular flexibility index (Phi) is 4.40. The Hall–Kier alpha value is -0.960. The molecule has 0 heterocycles. The van der Waals surface area contributed by atoms with E-state index in [1.807, 2.05) is 0 Å². The Bertz CT molecular complexity index is 248. The zero-order chi connectivity index (χ0) is 9.52. The van der Waals surface area contributed by atoms with Gasteiger partial charge in [-0.3, -0.25) is 0 Å². The van der Waals surface area contributed by atoms with E-state index in [1.54, 1.807) is 0 Å². The molecule has 1 rings (SSSR count). The van der Waals surface area contributed by atoms with Crippen LogP contribution in [0, 0.1) is 12.3 Å². The topological polar surface area (TPSA) is 0 Å². The van der Waals surface area contributed by atoms with Crippen molar-refractivity contribution in [3.05, 3.63) is 23.3 Å². The van der Waals surface area contributed by atoms with Crippen LogP contribution in [0.25, 0.3) is 0 Å². The fourth-order valence-electron chi connectivity index (χ4n) is 1.66. The lowest BCUT2D eigenvalue weighted by atomic mass is 10.1. The molecule has 0 heteroatoms. The van der Waals surface area contributed by atoms with Crippen LogP contribution < -0.4 is 0 Å². The van der Waals surface area contributed by atoms with E-state index in [0.29, 0.717) is 0 Å². The van der Waals surface area contributed by atoms with Crippen LogP contribution in [0.3, 0.4) is 0 Å². The number of terminal acetylenes is 1. The highest BCUT2D eigenvalue weighted by Gasteiger charge is 2.08. The lowest BCUT2D eigenvalue weighted by molar-refractivity contribution is 0.813. The highest BCUT2D eigenvalue weighted by atomic mass is 14.1. The van der Waals surface area contributed by atoms with Crippen molar-refractivity contribution in [1.29, 1.82) is 0 Å². The van der Waals surface area contributed by atoms with Gasteiger partial charge in [0.15, 0.2) is 0 Å². The molecule has 1 aliphatic carbocycles. The third-order valence-corrected chi connectivity index (χ3v) is 2.48. The van der Waals surface area contributed by atoms with Crippen LogP contribution in [0.5, 0.6) is 0 Å². The number of allylic oxidation sites excluding steroid dienone is 4. The van der Waals surface area contributed by atoms with Gasteiger partial charge in [0.2, 0.25) is 0 Å². The second-order valence-corrected chi connectivity index (χ2v) is 3.55. The fourth-order valence-corrected chi connectivity index (χ4v) is 1.66. The first-order chi connectivity index (χ1) is 6.38. The minimum atomic E-state index is 1.12. The van der Waals surface area contributed by atoms with Gasteiger partial charge in [-0.25, -0.2) is 0 Å². The van der Waals surface area contributed by atoms with E-state index in [4.69, 9.17) is 6.42 Å². The molecule has 13 heavy (non-hydrogen) atoms. The summed E-state index contributed by atoms with van der Waals surface area (Å²) in [5, 5.41) is 0. The molecule has 70 valence electrons. The molecular formula is C13H18. The van der Waals surface area contributed by atoms with Crippen molar-refractivity contribution in [3.63, 3.8) is 0 Å². The summed E-state index contributed by atoms with van der Waals surface area (Å²) in [6, 6.07) is 0. The summed E-state index contributed by atoms with van der Waals surface area (Å²) in [6.07, 6.45) is 17.2. The third kappa shape index (κ3) is 3.11. The van der Waals surface area contributed by atoms with Gasteiger partial charge < -0.3 is 0 Å². The van der Waals surface area contributed by atoms with Gasteiger partial charge in [0, 0.05) is 5.57 Å². The molecule has 1 aliphatic rings. The number of hydrogen-bond acceptors (Lipinski definition) is 0. The molecule has 0 fully saturated rings. The van der Waals surface area contributed by atoms with Gasteiger partial charge in [0.25, 0.3) is 0 Å². The van der Waals surface area contributed by atoms with Crippen molar-refractivity contribution in [2.75, 3.05) is 0 Å². The molecule has 0 spiro atoms. The Labute approximate surface area is 81.7 Å². The zero-order valence-electron chi connectivity index (χ0n) is 8.47. The maximum Gasteiger partial charge on any atom is 0.00496 e. The largest absolute Gasteiger partial charge is 0.115 e. The van der Waals surface area contributed by atoms with Gasteiger partial charge in [-0.15, -0.1) is 6.42 Å². The summed E-state index contributed by atoms with van der Waals surface area (Å²) in [4.78, 5) is 0. The van der Waals surface area contributed by atoms with Crippen molar-refractivity contribution in [2.24, 2.45) is 0 Å². The van der Waals surface area contributed by atoms with E-state index in [9.17, 15) is 0 Å². The van der Waals surface area contributed by atoms with E-state index in [-0.39, 0.29) is 0 Å². The van der Waals surface area contributed by atoms with Crippen LogP contribution in [0.4, 0.5) is 0 Å². The third-order valence-electron chi connectivity index (χ3n) is 2.48. The van der Waals surface area contributed by atoms with Crippen LogP contribution in [0.2, 0.25) is 0 Å². The summed E-state index contributed by atoms with van der Waals surface area (Å²) in [6.45, 7) is 2.22. The monoisotopic (exact) mass is 174 g/mol. The van der Waals surface area contributed by atoms with Crippen LogP contribution in [0.15, 0.2) is 23.3 Å². The normalized spacial score (nSPS) is 16.9. The van der Waals surface area contributed by atoms with E-state index >= 15 is 0 Å². The highest BCUT2D eigenvalue weighted by Crippen LogP contribution is 2.26. The van der Waals surface area contributed by atoms with Crippen LogP contribution in [-0.4, -0.2) is 0 Å². The van der Waals surface area contributed by atoms with Crippen molar-refractivity contribution in [1.82, 2.24) is 0 Å². The second kappa shape index (κ2) is 5.65. The van der Waals surface area contributed by atoms with Gasteiger partial charge in [-0.2, -0.15) is 0 Å². The van der Waals surface area contributed by atoms with Crippen LogP contribution in [-0.2, 0) is 0 Å². The van der Waals surface area contributed by atoms with Gasteiger partial charge in [-0.05, 0) is 31.3 Å². The summed E-state index contributed by atoms with van der Waals surface area (Å²) in [5.74, 6) is 2.78. The Morgan fingerprint density at radius 1 is 1.46 bits per heavy atom. The first kappa shape index (κ1) is 10.1. The quantitative estimate of drug-likeness (QED) is 0.448. The molecule has 0 N–H and O–H groups in total. The molecule has 0 aromatic heterocycles. The van der Waals surface area contributed by atoms with Gasteiger partial charge in [0.1, 0.15) is 0 Å². The predicted molar refractivity (Wildman–Crippen MR) is 58.4 cm³/mol. The van der Waals surface area contributed by atoms with E-state index in [1.165, 1.54) is 43.3 Å². The lowest BCUT2D eigenvalue weighted by Crippen LogP contribution is -1.76. The standard InChI is InChI=1S/C13H18/c1-3-5-6-7-9-13-11-8-10-12(13)4-2/h2,7,9H,3,5-6,8,10-11H2,1H3/b9-7+. The first-order valence-corrected chi connectivity index (χ1v) is 5.23. The fraction of sp³-hybridized carbons (Fsp3) is 0.538. The van der Waals surface area contributed by atoms with E-state index in [2.05, 4.69) is 25.0 Å². The zero-order valence-corrected chi connectivity index (χ0v) is 8.47. The Morgan fingerprint density at radius 2 is 2.31 bits per heavy atom. The average Bonchev–Trinajstić information content (AvgIpc) is 2.60. The van der Waals surface area contributed by atoms with Gasteiger partial charge in [0.05, 0.1) is 0 Å². The first-order valence-electron chi connectivity index (χ1n) is 5.23. The average molecular weight is 174 g/mol. The molecule has 0 aliphatic heterocycles. The smallest absolute Gasteiger partial charge is 0.00496 e. The van der Waals surface area contributed by atoms with E-state index < -0.39 is 0 Å². The lowest BCUT2D eigenvalue weighted by Gasteiger charge is -1.94. The SMILES string of the molecule is C#CC1=C(/C=C/CCCC)CCC1. The van der Waals surface area contributed by atoms with Crippen LogP contribution in [0.1, 0.15) is 45.4 Å². The molecule has 0 aromatic carbocycles. The summed E-state index contributed by atoms with van der Waals surface area (Å²) in [7, 11) is 0. The van der Waals surface area contributed by atoms with Crippen molar-refractivity contribution >= 4 is 0 Å². The minimum Gasteiger partial charge on any atom is -0.115 e. The molecule has 0 aromatic rings. The molecular weight excluding hydrogens is 156 g/mol. The highest BCUT2D eigenvalue weighted by molar-refractivity contribution is 5.40. The van der Waals surface area contributed by atoms with Crippen molar-refractivity contribution in [2.45, 2.75) is 45.4 Å². The summed E-state index contributed by atoms with van der Waals surface area (Å²) < 4.78 is 0. The molecule has 0 radical (unpaired) electrons. The molecule has 0 atom stereocenters. The summed E-state index contributed by atoms with van der Waals surface area (Å²) in [5.41, 5.74) is 2.63. The number of unbranched alkanes of at least 4 members (excludes halogenated alkanes) is 2. The van der Waals surface area contributed by atoms with E-state index in [0.717, 1.165) is 6.42 Å².